The first-order chi connectivity index (χ1) is 17.4. The Labute approximate surface area is 202 Å². The predicted octanol–water partition coefficient (Wildman–Crippen LogP) is 3.07. The van der Waals surface area contributed by atoms with Gasteiger partial charge in [0.05, 0.1) is 6.20 Å². The van der Waals surface area contributed by atoms with Crippen molar-refractivity contribution in [2.75, 3.05) is 23.7 Å². The number of benzene rings is 1. The van der Waals surface area contributed by atoms with Crippen molar-refractivity contribution in [3.8, 4) is 11.1 Å². The summed E-state index contributed by atoms with van der Waals surface area (Å²) in [5.74, 6) is 0.214. The van der Waals surface area contributed by atoms with Gasteiger partial charge in [-0.25, -0.2) is 32.6 Å². The lowest BCUT2D eigenvalue weighted by atomic mass is 9.88. The molecule has 0 fully saturated rings. The van der Waals surface area contributed by atoms with Crippen LogP contribution in [0.2, 0.25) is 0 Å². The molecule has 5 aromatic rings. The molecule has 0 unspecified atom stereocenters. The molecule has 0 radical (unpaired) electrons. The van der Waals surface area contributed by atoms with Gasteiger partial charge in [-0.1, -0.05) is 12.1 Å². The van der Waals surface area contributed by atoms with Crippen LogP contribution in [0.15, 0.2) is 67.6 Å². The van der Waals surface area contributed by atoms with Crippen LogP contribution in [-0.4, -0.2) is 59.4 Å². The molecule has 0 aliphatic rings. The molecule has 0 saturated heterocycles. The summed E-state index contributed by atoms with van der Waals surface area (Å²) in [6, 6.07) is 6.15. The highest BCUT2D eigenvalue weighted by Gasteiger charge is 2.42. The summed E-state index contributed by atoms with van der Waals surface area (Å²) < 4.78 is 42.5. The number of rotatable bonds is 9. The Hall–Kier alpha value is -4.52. The van der Waals surface area contributed by atoms with Crippen molar-refractivity contribution in [3.05, 3.63) is 84.6 Å². The van der Waals surface area contributed by atoms with E-state index in [-0.39, 0.29) is 17.1 Å². The molecule has 4 N–H and O–H groups in total. The third-order valence-corrected chi connectivity index (χ3v) is 5.63. The van der Waals surface area contributed by atoms with Gasteiger partial charge in [-0.2, -0.15) is 10.2 Å². The fourth-order valence-corrected chi connectivity index (χ4v) is 3.73. The van der Waals surface area contributed by atoms with E-state index in [1.807, 2.05) is 12.3 Å². The maximum atomic E-state index is 13.8. The summed E-state index contributed by atoms with van der Waals surface area (Å²) >= 11 is 0. The summed E-state index contributed by atoms with van der Waals surface area (Å²) in [6.45, 7) is 0.836. The Balaban J connectivity index is 1.23. The van der Waals surface area contributed by atoms with E-state index in [1.165, 1.54) is 6.33 Å². The fourth-order valence-electron chi connectivity index (χ4n) is 3.73. The Bertz CT molecular complexity index is 1440. The Morgan fingerprint density at radius 3 is 2.42 bits per heavy atom. The Kier molecular flexibility index (Phi) is 6.21. The molecule has 0 bridgehead atoms. The van der Waals surface area contributed by atoms with Gasteiger partial charge in [0.25, 0.3) is 6.43 Å². The van der Waals surface area contributed by atoms with Crippen molar-refractivity contribution in [3.63, 3.8) is 0 Å². The van der Waals surface area contributed by atoms with E-state index in [0.717, 1.165) is 53.3 Å². The quantitative estimate of drug-likeness (QED) is 0.230. The molecule has 0 amide bonds. The molecule has 4 heterocycles. The van der Waals surface area contributed by atoms with Crippen molar-refractivity contribution in [1.82, 2.24) is 34.8 Å². The van der Waals surface area contributed by atoms with Gasteiger partial charge in [0.2, 0.25) is 5.95 Å². The van der Waals surface area contributed by atoms with Gasteiger partial charge in [0, 0.05) is 54.6 Å². The second kappa shape index (κ2) is 9.62. The number of aromatic nitrogens is 7. The average molecular weight is 495 g/mol. The number of nitrogens with zero attached hydrogens (tertiary/aromatic N) is 6. The first-order valence-corrected chi connectivity index (χ1v) is 10.8. The van der Waals surface area contributed by atoms with Gasteiger partial charge in [0.1, 0.15) is 17.7 Å². The summed E-state index contributed by atoms with van der Waals surface area (Å²) in [5, 5.41) is 27.8. The lowest BCUT2D eigenvalue weighted by Gasteiger charge is -2.27. The number of nitrogens with one attached hydrogen (secondary N) is 3. The molecule has 184 valence electrons. The van der Waals surface area contributed by atoms with Crippen LogP contribution in [0.25, 0.3) is 16.6 Å². The normalized spacial score (nSPS) is 13.1. The second-order valence-electron chi connectivity index (χ2n) is 7.88. The number of fused-ring (bicyclic) bond motifs is 1. The van der Waals surface area contributed by atoms with Crippen LogP contribution < -0.4 is 10.6 Å². The highest BCUT2D eigenvalue weighted by Crippen LogP contribution is 2.35. The van der Waals surface area contributed by atoms with Gasteiger partial charge >= 0.3 is 0 Å². The number of H-pyrrole nitrogens is 1. The average Bonchev–Trinajstić information content (AvgIpc) is 3.57. The number of hydrogen-bond acceptors (Lipinski definition) is 8. The minimum absolute atomic E-state index is 0.162. The molecular formula is C23H20F3N9O. The molecule has 1 atom stereocenters. The molecule has 0 aliphatic heterocycles. The zero-order valence-corrected chi connectivity index (χ0v) is 18.6. The van der Waals surface area contributed by atoms with Crippen molar-refractivity contribution < 1.29 is 18.3 Å². The number of alkyl halides is 2. The zero-order valence-electron chi connectivity index (χ0n) is 18.6. The van der Waals surface area contributed by atoms with Crippen LogP contribution in [0.4, 0.5) is 24.9 Å². The number of hydrogen-bond donors (Lipinski definition) is 4. The summed E-state index contributed by atoms with van der Waals surface area (Å²) in [7, 11) is 0. The molecule has 1 aromatic carbocycles. The van der Waals surface area contributed by atoms with Crippen LogP contribution in [0.3, 0.4) is 0 Å². The predicted molar refractivity (Wildman–Crippen MR) is 125 cm³/mol. The van der Waals surface area contributed by atoms with E-state index >= 15 is 0 Å². The largest absolute Gasteiger partial charge is 0.375 e. The summed E-state index contributed by atoms with van der Waals surface area (Å²) in [6.07, 6.45) is 5.86. The summed E-state index contributed by atoms with van der Waals surface area (Å²) in [5.41, 5.74) is -0.405. The molecule has 4 aromatic heterocycles. The molecule has 36 heavy (non-hydrogen) atoms. The van der Waals surface area contributed by atoms with Gasteiger partial charge in [-0.3, -0.25) is 5.10 Å². The van der Waals surface area contributed by atoms with Gasteiger partial charge in [-0.05, 0) is 23.8 Å². The second-order valence-corrected chi connectivity index (χ2v) is 7.88. The Morgan fingerprint density at radius 2 is 1.72 bits per heavy atom. The molecule has 13 heteroatoms. The number of aromatic amines is 1. The fraction of sp³-hybridized carbons (Fsp3) is 0.174. The molecular weight excluding hydrogens is 475 g/mol. The minimum atomic E-state index is -3.18. The van der Waals surface area contributed by atoms with Crippen molar-refractivity contribution >= 4 is 17.3 Å². The van der Waals surface area contributed by atoms with Crippen LogP contribution in [-0.2, 0) is 5.60 Å². The van der Waals surface area contributed by atoms with E-state index in [4.69, 9.17) is 0 Å². The van der Waals surface area contributed by atoms with Crippen molar-refractivity contribution in [1.29, 1.82) is 0 Å². The summed E-state index contributed by atoms with van der Waals surface area (Å²) in [4.78, 5) is 12.4. The van der Waals surface area contributed by atoms with Crippen LogP contribution in [0.5, 0.6) is 0 Å². The molecule has 0 saturated carbocycles. The first-order valence-electron chi connectivity index (χ1n) is 10.8. The third-order valence-electron chi connectivity index (χ3n) is 5.63. The zero-order chi connectivity index (χ0) is 25.1. The number of halogens is 3. The first kappa shape index (κ1) is 23.2. The highest BCUT2D eigenvalue weighted by molar-refractivity contribution is 5.76. The van der Waals surface area contributed by atoms with Gasteiger partial charge < -0.3 is 15.7 Å². The lowest BCUT2D eigenvalue weighted by Crippen LogP contribution is -2.36. The SMILES string of the molecule is O[C@@](c1ccc(F)cc1)(c1cnc(NCCNc2ncnn3cc(-c4cn[nH]c4)cc23)nc1)C(F)F. The Morgan fingerprint density at radius 1 is 0.972 bits per heavy atom. The number of aliphatic hydroxyl groups is 1. The van der Waals surface area contributed by atoms with Crippen LogP contribution in [0.1, 0.15) is 11.1 Å². The van der Waals surface area contributed by atoms with E-state index in [9.17, 15) is 18.3 Å². The smallest absolute Gasteiger partial charge is 0.275 e. The third kappa shape index (κ3) is 4.43. The van der Waals surface area contributed by atoms with Gasteiger partial charge in [0.15, 0.2) is 11.4 Å². The molecule has 10 nitrogen and oxygen atoms in total. The van der Waals surface area contributed by atoms with Gasteiger partial charge in [-0.15, -0.1) is 0 Å². The monoisotopic (exact) mass is 495 g/mol. The van der Waals surface area contributed by atoms with Crippen molar-refractivity contribution in [2.24, 2.45) is 0 Å². The van der Waals surface area contributed by atoms with E-state index in [1.54, 1.807) is 16.9 Å². The van der Waals surface area contributed by atoms with Crippen LogP contribution in [0, 0.1) is 5.82 Å². The van der Waals surface area contributed by atoms with Crippen molar-refractivity contribution in [2.45, 2.75) is 12.0 Å². The molecule has 0 spiro atoms. The standard InChI is InChI=1S/C23H20F3N9O/c24-18-3-1-16(2-4-18)23(36,21(25)26)17-10-29-22(30-11-17)28-6-5-27-20-19-7-14(15-8-32-33-9-15)12-35(19)34-13-31-20/h1-4,7-13,21,36H,5-6H2,(H,32,33)(H,27,31,34)(H,28,29,30)/t23-/m0/s1. The topological polar surface area (TPSA) is 129 Å². The van der Waals surface area contributed by atoms with E-state index in [0.29, 0.717) is 18.9 Å². The molecule has 5 rings (SSSR count). The molecule has 0 aliphatic carbocycles. The highest BCUT2D eigenvalue weighted by atomic mass is 19.3. The number of anilines is 2. The maximum Gasteiger partial charge on any atom is 0.275 e. The minimum Gasteiger partial charge on any atom is -0.375 e. The van der Waals surface area contributed by atoms with E-state index in [2.05, 4.69) is 40.9 Å². The lowest BCUT2D eigenvalue weighted by molar-refractivity contribution is -0.0722. The maximum absolute atomic E-state index is 13.8. The van der Waals surface area contributed by atoms with Crippen LogP contribution >= 0.6 is 0 Å². The van der Waals surface area contributed by atoms with E-state index < -0.39 is 17.8 Å².